The summed E-state index contributed by atoms with van der Waals surface area (Å²) in [7, 11) is 0. The van der Waals surface area contributed by atoms with E-state index in [1.54, 1.807) is 6.92 Å². The number of nitrogens with zero attached hydrogens (tertiary/aromatic N) is 3. The zero-order valence-electron chi connectivity index (χ0n) is 10.1. The molecular formula is C12H16ClN3O. The van der Waals surface area contributed by atoms with Crippen molar-refractivity contribution in [2.45, 2.75) is 39.2 Å². The van der Waals surface area contributed by atoms with Crippen molar-refractivity contribution < 1.29 is 4.79 Å². The fourth-order valence-electron chi connectivity index (χ4n) is 2.19. The van der Waals surface area contributed by atoms with E-state index < -0.39 is 0 Å². The van der Waals surface area contributed by atoms with Gasteiger partial charge in [0.15, 0.2) is 0 Å². The molecule has 1 aliphatic heterocycles. The fourth-order valence-corrected chi connectivity index (χ4v) is 2.41. The van der Waals surface area contributed by atoms with E-state index in [2.05, 4.69) is 16.9 Å². The van der Waals surface area contributed by atoms with E-state index in [0.717, 1.165) is 19.4 Å². The van der Waals surface area contributed by atoms with E-state index in [-0.39, 0.29) is 11.9 Å². The molecule has 1 aliphatic rings. The van der Waals surface area contributed by atoms with Crippen LogP contribution in [-0.2, 0) is 0 Å². The number of carbonyl (C=O) groups excluding carboxylic acids is 1. The summed E-state index contributed by atoms with van der Waals surface area (Å²) in [5.74, 6) is 0.495. The third-order valence-electron chi connectivity index (χ3n) is 3.09. The maximum atomic E-state index is 12.3. The second-order valence-corrected chi connectivity index (χ2v) is 4.85. The molecule has 0 N–H and O–H groups in total. The standard InChI is InChI=1S/C12H16ClN3O/c1-8-5-3-4-6-16(8)12(17)10-7-11(13)15-9(2)14-10/h7-8H,3-6H2,1-2H3/t8-/m1/s1. The van der Waals surface area contributed by atoms with Gasteiger partial charge in [0, 0.05) is 18.7 Å². The number of aromatic nitrogens is 2. The van der Waals surface area contributed by atoms with Crippen LogP contribution in [0.15, 0.2) is 6.07 Å². The topological polar surface area (TPSA) is 46.1 Å². The van der Waals surface area contributed by atoms with Gasteiger partial charge in [-0.1, -0.05) is 11.6 Å². The molecule has 0 aliphatic carbocycles. The molecule has 2 heterocycles. The van der Waals surface area contributed by atoms with Crippen molar-refractivity contribution in [3.05, 3.63) is 22.7 Å². The van der Waals surface area contributed by atoms with Gasteiger partial charge >= 0.3 is 0 Å². The first kappa shape index (κ1) is 12.3. The van der Waals surface area contributed by atoms with Crippen molar-refractivity contribution in [2.75, 3.05) is 6.54 Å². The zero-order valence-corrected chi connectivity index (χ0v) is 10.9. The van der Waals surface area contributed by atoms with E-state index in [1.165, 1.54) is 12.5 Å². The lowest BCUT2D eigenvalue weighted by atomic mass is 10.0. The molecule has 1 aromatic rings. The molecule has 0 aromatic carbocycles. The number of rotatable bonds is 1. The third-order valence-corrected chi connectivity index (χ3v) is 3.28. The quantitative estimate of drug-likeness (QED) is 0.723. The second kappa shape index (κ2) is 5.00. The van der Waals surface area contributed by atoms with Crippen LogP contribution >= 0.6 is 11.6 Å². The van der Waals surface area contributed by atoms with Crippen molar-refractivity contribution in [1.29, 1.82) is 0 Å². The summed E-state index contributed by atoms with van der Waals surface area (Å²) in [5, 5.41) is 0.325. The van der Waals surface area contributed by atoms with Crippen molar-refractivity contribution in [3.63, 3.8) is 0 Å². The lowest BCUT2D eigenvalue weighted by Crippen LogP contribution is -2.42. The largest absolute Gasteiger partial charge is 0.335 e. The summed E-state index contributed by atoms with van der Waals surface area (Å²) < 4.78 is 0. The minimum atomic E-state index is -0.0374. The second-order valence-electron chi connectivity index (χ2n) is 4.47. The summed E-state index contributed by atoms with van der Waals surface area (Å²) in [6.45, 7) is 4.62. The zero-order chi connectivity index (χ0) is 12.4. The Hall–Kier alpha value is -1.16. The van der Waals surface area contributed by atoms with Crippen LogP contribution in [0.5, 0.6) is 0 Å². The van der Waals surface area contributed by atoms with E-state index in [0.29, 0.717) is 16.7 Å². The van der Waals surface area contributed by atoms with Gasteiger partial charge in [-0.15, -0.1) is 0 Å². The van der Waals surface area contributed by atoms with Crippen LogP contribution in [0.25, 0.3) is 0 Å². The van der Waals surface area contributed by atoms with Crippen LogP contribution in [0.2, 0.25) is 5.15 Å². The highest BCUT2D eigenvalue weighted by atomic mass is 35.5. The molecule has 1 fully saturated rings. The van der Waals surface area contributed by atoms with Gasteiger partial charge in [-0.05, 0) is 33.1 Å². The summed E-state index contributed by atoms with van der Waals surface area (Å²) in [4.78, 5) is 22.3. The number of amides is 1. The Morgan fingerprint density at radius 1 is 1.47 bits per heavy atom. The molecule has 92 valence electrons. The SMILES string of the molecule is Cc1nc(Cl)cc(C(=O)N2CCCC[C@H]2C)n1. The van der Waals surface area contributed by atoms with Crippen molar-refractivity contribution in [2.24, 2.45) is 0 Å². The predicted octanol–water partition coefficient (Wildman–Crippen LogP) is 2.45. The van der Waals surface area contributed by atoms with E-state index in [9.17, 15) is 4.79 Å². The molecule has 1 amide bonds. The van der Waals surface area contributed by atoms with E-state index in [1.807, 2.05) is 4.90 Å². The molecule has 5 heteroatoms. The van der Waals surface area contributed by atoms with Crippen LogP contribution in [0.1, 0.15) is 42.5 Å². The molecule has 1 atom stereocenters. The van der Waals surface area contributed by atoms with Gasteiger partial charge in [0.1, 0.15) is 16.7 Å². The lowest BCUT2D eigenvalue weighted by molar-refractivity contribution is 0.0629. The van der Waals surface area contributed by atoms with Gasteiger partial charge in [0.25, 0.3) is 5.91 Å². The smallest absolute Gasteiger partial charge is 0.272 e. The Kier molecular flexibility index (Phi) is 3.62. The van der Waals surface area contributed by atoms with Crippen LogP contribution in [0.3, 0.4) is 0 Å². The van der Waals surface area contributed by atoms with Gasteiger partial charge in [-0.25, -0.2) is 9.97 Å². The Morgan fingerprint density at radius 3 is 2.88 bits per heavy atom. The van der Waals surface area contributed by atoms with E-state index >= 15 is 0 Å². The van der Waals surface area contributed by atoms with Crippen LogP contribution in [0.4, 0.5) is 0 Å². The fraction of sp³-hybridized carbons (Fsp3) is 0.583. The highest BCUT2D eigenvalue weighted by molar-refractivity contribution is 6.29. The van der Waals surface area contributed by atoms with Crippen LogP contribution < -0.4 is 0 Å². The number of hydrogen-bond acceptors (Lipinski definition) is 3. The molecule has 2 rings (SSSR count). The molecule has 1 aromatic heterocycles. The molecule has 4 nitrogen and oxygen atoms in total. The number of likely N-dealkylation sites (tertiary alicyclic amines) is 1. The normalized spacial score (nSPS) is 20.4. The highest BCUT2D eigenvalue weighted by Gasteiger charge is 2.25. The molecule has 0 saturated carbocycles. The summed E-state index contributed by atoms with van der Waals surface area (Å²) in [6.07, 6.45) is 3.31. The van der Waals surface area contributed by atoms with E-state index in [4.69, 9.17) is 11.6 Å². The summed E-state index contributed by atoms with van der Waals surface area (Å²) in [6, 6.07) is 1.82. The molecular weight excluding hydrogens is 238 g/mol. The van der Waals surface area contributed by atoms with Gasteiger partial charge in [-0.2, -0.15) is 0 Å². The number of carbonyl (C=O) groups is 1. The Morgan fingerprint density at radius 2 is 2.24 bits per heavy atom. The van der Waals surface area contributed by atoms with Crippen LogP contribution in [-0.4, -0.2) is 33.4 Å². The number of halogens is 1. The highest BCUT2D eigenvalue weighted by Crippen LogP contribution is 2.19. The maximum Gasteiger partial charge on any atom is 0.272 e. The average Bonchev–Trinajstić information content (AvgIpc) is 2.27. The van der Waals surface area contributed by atoms with Gasteiger partial charge in [-0.3, -0.25) is 4.79 Å². The van der Waals surface area contributed by atoms with Crippen molar-refractivity contribution in [1.82, 2.24) is 14.9 Å². The molecule has 1 saturated heterocycles. The average molecular weight is 254 g/mol. The first-order valence-corrected chi connectivity index (χ1v) is 6.28. The molecule has 0 radical (unpaired) electrons. The molecule has 17 heavy (non-hydrogen) atoms. The monoisotopic (exact) mass is 253 g/mol. The number of hydrogen-bond donors (Lipinski definition) is 0. The molecule has 0 spiro atoms. The lowest BCUT2D eigenvalue weighted by Gasteiger charge is -2.33. The summed E-state index contributed by atoms with van der Waals surface area (Å²) >= 11 is 5.85. The van der Waals surface area contributed by atoms with Gasteiger partial charge in [0.05, 0.1) is 0 Å². The number of piperidine rings is 1. The molecule has 0 unspecified atom stereocenters. The Labute approximate surface area is 106 Å². The summed E-state index contributed by atoms with van der Waals surface area (Å²) in [5.41, 5.74) is 0.399. The minimum Gasteiger partial charge on any atom is -0.335 e. The minimum absolute atomic E-state index is 0.0374. The van der Waals surface area contributed by atoms with Crippen molar-refractivity contribution >= 4 is 17.5 Å². The third kappa shape index (κ3) is 2.75. The Bertz CT molecular complexity index is 416. The van der Waals surface area contributed by atoms with Gasteiger partial charge < -0.3 is 4.90 Å². The van der Waals surface area contributed by atoms with Crippen LogP contribution in [0, 0.1) is 6.92 Å². The first-order valence-electron chi connectivity index (χ1n) is 5.90. The first-order chi connectivity index (χ1) is 8.08. The maximum absolute atomic E-state index is 12.3. The van der Waals surface area contributed by atoms with Crippen molar-refractivity contribution in [3.8, 4) is 0 Å². The Balaban J connectivity index is 2.23. The van der Waals surface area contributed by atoms with Gasteiger partial charge in [0.2, 0.25) is 0 Å². The number of aryl methyl sites for hydroxylation is 1. The predicted molar refractivity (Wildman–Crippen MR) is 66.1 cm³/mol. The molecule has 0 bridgehead atoms.